The fourth-order valence-electron chi connectivity index (χ4n) is 3.11. The summed E-state index contributed by atoms with van der Waals surface area (Å²) in [6.07, 6.45) is 4.13. The first-order valence-electron chi connectivity index (χ1n) is 9.09. The molecule has 1 aromatic heterocycles. The van der Waals surface area contributed by atoms with E-state index >= 15 is 0 Å². The van der Waals surface area contributed by atoms with Crippen molar-refractivity contribution in [3.05, 3.63) is 71.3 Å². The zero-order valence-corrected chi connectivity index (χ0v) is 17.3. The molecule has 7 nitrogen and oxygen atoms in total. The Kier molecular flexibility index (Phi) is 5.49. The highest BCUT2D eigenvalue weighted by Gasteiger charge is 2.27. The Balaban J connectivity index is 1.70. The zero-order valence-electron chi connectivity index (χ0n) is 15.7. The SMILES string of the molecule is Cn1ccnc1[C@H](NS(=O)(=O)c1ccc2c(c1)OCCCO2)c1ccc(Cl)cc1. The topological polar surface area (TPSA) is 82.5 Å². The molecule has 1 N–H and O–H groups in total. The van der Waals surface area contributed by atoms with Gasteiger partial charge in [-0.2, -0.15) is 4.72 Å². The summed E-state index contributed by atoms with van der Waals surface area (Å²) in [5.41, 5.74) is 0.724. The normalized spacial score (nSPS) is 15.0. The fourth-order valence-corrected chi connectivity index (χ4v) is 4.44. The first-order valence-corrected chi connectivity index (χ1v) is 10.9. The van der Waals surface area contributed by atoms with E-state index in [0.29, 0.717) is 35.6 Å². The lowest BCUT2D eigenvalue weighted by atomic mass is 10.1. The van der Waals surface area contributed by atoms with Gasteiger partial charge in [0.25, 0.3) is 0 Å². The van der Waals surface area contributed by atoms with Crippen LogP contribution < -0.4 is 14.2 Å². The summed E-state index contributed by atoms with van der Waals surface area (Å²) < 4.78 is 42.1. The number of sulfonamides is 1. The average Bonchev–Trinajstić information content (AvgIpc) is 2.98. The second-order valence-corrected chi connectivity index (χ2v) is 8.81. The second kappa shape index (κ2) is 8.06. The molecule has 0 radical (unpaired) electrons. The Labute approximate surface area is 174 Å². The standard InChI is InChI=1S/C20H20ClN3O4S/c1-24-10-9-22-20(24)19(14-3-5-15(21)6-4-14)23-29(25,26)16-7-8-17-18(13-16)28-12-2-11-27-17/h3-10,13,19,23H,2,11-12H2,1H3/t19-/m1/s1. The number of fused-ring (bicyclic) bond motifs is 1. The summed E-state index contributed by atoms with van der Waals surface area (Å²) in [5, 5.41) is 0.568. The number of hydrogen-bond acceptors (Lipinski definition) is 5. The van der Waals surface area contributed by atoms with Crippen molar-refractivity contribution >= 4 is 21.6 Å². The van der Waals surface area contributed by atoms with Crippen molar-refractivity contribution in [2.24, 2.45) is 7.05 Å². The van der Waals surface area contributed by atoms with Crippen LogP contribution in [-0.2, 0) is 17.1 Å². The number of aryl methyl sites for hydroxylation is 1. The number of hydrogen-bond donors (Lipinski definition) is 1. The lowest BCUT2D eigenvalue weighted by Crippen LogP contribution is -2.31. The number of nitrogens with one attached hydrogen (secondary N) is 1. The molecule has 1 aliphatic rings. The van der Waals surface area contributed by atoms with E-state index in [1.165, 1.54) is 12.1 Å². The van der Waals surface area contributed by atoms with Gasteiger partial charge in [-0.1, -0.05) is 23.7 Å². The van der Waals surface area contributed by atoms with Crippen LogP contribution in [0.4, 0.5) is 0 Å². The predicted molar refractivity (Wildman–Crippen MR) is 109 cm³/mol. The number of aromatic nitrogens is 2. The van der Waals surface area contributed by atoms with Crippen molar-refractivity contribution in [1.82, 2.24) is 14.3 Å². The van der Waals surface area contributed by atoms with Crippen LogP contribution in [0.3, 0.4) is 0 Å². The number of nitrogens with zero attached hydrogens (tertiary/aromatic N) is 2. The van der Waals surface area contributed by atoms with Crippen LogP contribution >= 0.6 is 11.6 Å². The molecule has 0 amide bonds. The predicted octanol–water partition coefficient (Wildman–Crippen LogP) is 3.30. The molecule has 0 spiro atoms. The first kappa shape index (κ1) is 19.8. The molecule has 2 heterocycles. The maximum absolute atomic E-state index is 13.2. The number of imidazole rings is 1. The minimum absolute atomic E-state index is 0.0925. The molecule has 29 heavy (non-hydrogen) atoms. The molecule has 1 aliphatic heterocycles. The lowest BCUT2D eigenvalue weighted by molar-refractivity contribution is 0.297. The summed E-state index contributed by atoms with van der Waals surface area (Å²) in [6, 6.07) is 10.9. The van der Waals surface area contributed by atoms with Crippen LogP contribution in [0.25, 0.3) is 0 Å². The molecule has 0 saturated carbocycles. The molecule has 0 aliphatic carbocycles. The maximum Gasteiger partial charge on any atom is 0.241 e. The smallest absolute Gasteiger partial charge is 0.241 e. The third kappa shape index (κ3) is 4.24. The molecule has 0 bridgehead atoms. The van der Waals surface area contributed by atoms with Crippen LogP contribution in [0.1, 0.15) is 23.9 Å². The van der Waals surface area contributed by atoms with Gasteiger partial charge in [0.2, 0.25) is 10.0 Å². The van der Waals surface area contributed by atoms with Gasteiger partial charge < -0.3 is 14.0 Å². The molecule has 152 valence electrons. The van der Waals surface area contributed by atoms with Crippen molar-refractivity contribution in [2.75, 3.05) is 13.2 Å². The van der Waals surface area contributed by atoms with Crippen molar-refractivity contribution < 1.29 is 17.9 Å². The summed E-state index contributed by atoms with van der Waals surface area (Å²) in [7, 11) is -2.07. The minimum atomic E-state index is -3.88. The zero-order chi connectivity index (χ0) is 20.4. The average molecular weight is 434 g/mol. The monoisotopic (exact) mass is 433 g/mol. The van der Waals surface area contributed by atoms with E-state index in [0.717, 1.165) is 12.0 Å². The molecule has 9 heteroatoms. The highest BCUT2D eigenvalue weighted by Crippen LogP contribution is 2.33. The van der Waals surface area contributed by atoms with Crippen molar-refractivity contribution in [1.29, 1.82) is 0 Å². The van der Waals surface area contributed by atoms with Crippen molar-refractivity contribution in [3.8, 4) is 11.5 Å². The van der Waals surface area contributed by atoms with Gasteiger partial charge >= 0.3 is 0 Å². The molecule has 4 rings (SSSR count). The molecular formula is C20H20ClN3O4S. The number of rotatable bonds is 5. The molecular weight excluding hydrogens is 414 g/mol. The highest BCUT2D eigenvalue weighted by atomic mass is 35.5. The summed E-state index contributed by atoms with van der Waals surface area (Å²) >= 11 is 6.00. The highest BCUT2D eigenvalue weighted by molar-refractivity contribution is 7.89. The van der Waals surface area contributed by atoms with Gasteiger partial charge in [0.1, 0.15) is 11.9 Å². The minimum Gasteiger partial charge on any atom is -0.490 e. The van der Waals surface area contributed by atoms with E-state index in [1.54, 1.807) is 47.3 Å². The number of ether oxygens (including phenoxy) is 2. The molecule has 0 fully saturated rings. The Morgan fingerprint density at radius 1 is 1.10 bits per heavy atom. The van der Waals surface area contributed by atoms with Gasteiger partial charge in [-0.3, -0.25) is 0 Å². The maximum atomic E-state index is 13.2. The van der Waals surface area contributed by atoms with Crippen LogP contribution in [0.15, 0.2) is 59.8 Å². The number of halogens is 1. The molecule has 0 saturated heterocycles. The second-order valence-electron chi connectivity index (χ2n) is 6.66. The van der Waals surface area contributed by atoms with E-state index in [1.807, 2.05) is 7.05 Å². The Hall–Kier alpha value is -2.55. The third-order valence-corrected chi connectivity index (χ3v) is 6.29. The van der Waals surface area contributed by atoms with Crippen LogP contribution in [0, 0.1) is 0 Å². The third-order valence-electron chi connectivity index (χ3n) is 4.62. The van der Waals surface area contributed by atoms with E-state index in [9.17, 15) is 8.42 Å². The largest absolute Gasteiger partial charge is 0.490 e. The Morgan fingerprint density at radius 2 is 1.83 bits per heavy atom. The first-order chi connectivity index (χ1) is 13.9. The summed E-state index contributed by atoms with van der Waals surface area (Å²) in [6.45, 7) is 1.01. The summed E-state index contributed by atoms with van der Waals surface area (Å²) in [5.74, 6) is 1.52. The molecule has 2 aromatic carbocycles. The van der Waals surface area contributed by atoms with Gasteiger partial charge in [0.15, 0.2) is 11.5 Å². The molecule has 1 atom stereocenters. The van der Waals surface area contributed by atoms with Crippen LogP contribution in [0.5, 0.6) is 11.5 Å². The van der Waals surface area contributed by atoms with Crippen molar-refractivity contribution in [3.63, 3.8) is 0 Å². The molecule has 3 aromatic rings. The Morgan fingerprint density at radius 3 is 2.52 bits per heavy atom. The van der Waals surface area contributed by atoms with Crippen LogP contribution in [-0.4, -0.2) is 31.2 Å². The quantitative estimate of drug-likeness (QED) is 0.667. The van der Waals surface area contributed by atoms with Crippen molar-refractivity contribution in [2.45, 2.75) is 17.4 Å². The van der Waals surface area contributed by atoms with Gasteiger partial charge in [-0.25, -0.2) is 13.4 Å². The van der Waals surface area contributed by atoms with Gasteiger partial charge in [-0.15, -0.1) is 0 Å². The Bertz CT molecular complexity index is 1110. The number of benzene rings is 2. The fraction of sp³-hybridized carbons (Fsp3) is 0.250. The van der Waals surface area contributed by atoms with E-state index in [4.69, 9.17) is 21.1 Å². The molecule has 0 unspecified atom stereocenters. The van der Waals surface area contributed by atoms with Gasteiger partial charge in [0.05, 0.1) is 18.1 Å². The lowest BCUT2D eigenvalue weighted by Gasteiger charge is -2.20. The van der Waals surface area contributed by atoms with Crippen LogP contribution in [0.2, 0.25) is 5.02 Å². The van der Waals surface area contributed by atoms with E-state index in [2.05, 4.69) is 9.71 Å². The van der Waals surface area contributed by atoms with E-state index in [-0.39, 0.29) is 4.90 Å². The summed E-state index contributed by atoms with van der Waals surface area (Å²) in [4.78, 5) is 4.43. The van der Waals surface area contributed by atoms with Gasteiger partial charge in [0, 0.05) is 37.0 Å². The van der Waals surface area contributed by atoms with Gasteiger partial charge in [-0.05, 0) is 29.8 Å². The van der Waals surface area contributed by atoms with E-state index < -0.39 is 16.1 Å².